The van der Waals surface area contributed by atoms with E-state index in [2.05, 4.69) is 16.1 Å². The van der Waals surface area contributed by atoms with Gasteiger partial charge in [0.25, 0.3) is 22.9 Å². The smallest absolute Gasteiger partial charge is 0.334 e. The van der Waals surface area contributed by atoms with Crippen LogP contribution in [-0.2, 0) is 46.8 Å². The molecule has 0 bridgehead atoms. The van der Waals surface area contributed by atoms with Gasteiger partial charge in [-0.15, -0.1) is 0 Å². The fourth-order valence-electron chi connectivity index (χ4n) is 5.27. The van der Waals surface area contributed by atoms with E-state index < -0.39 is 114 Å². The van der Waals surface area contributed by atoms with Gasteiger partial charge in [-0.2, -0.15) is 0 Å². The summed E-state index contributed by atoms with van der Waals surface area (Å²) >= 11 is 3.76. The van der Waals surface area contributed by atoms with Crippen molar-refractivity contribution in [3.05, 3.63) is 108 Å². The van der Waals surface area contributed by atoms with Crippen molar-refractivity contribution in [1.29, 1.82) is 0 Å². The van der Waals surface area contributed by atoms with Crippen LogP contribution < -0.4 is 44.1 Å². The number of hydrogen-bond acceptors (Lipinski definition) is 14. The summed E-state index contributed by atoms with van der Waals surface area (Å²) in [6.45, 7) is -0.337. The second-order valence-corrected chi connectivity index (χ2v) is 15.6. The van der Waals surface area contributed by atoms with Gasteiger partial charge in [-0.05, 0) is 95.4 Å². The van der Waals surface area contributed by atoms with Crippen molar-refractivity contribution in [3.8, 4) is 0 Å². The van der Waals surface area contributed by atoms with Crippen molar-refractivity contribution in [1.82, 2.24) is 29.2 Å². The first-order chi connectivity index (χ1) is 28.7. The summed E-state index contributed by atoms with van der Waals surface area (Å²) in [5.74, 6) is -5.60. The minimum atomic E-state index is -1.41. The van der Waals surface area contributed by atoms with Crippen LogP contribution in [0.15, 0.2) is 55.6 Å². The summed E-state index contributed by atoms with van der Waals surface area (Å²) in [5, 5.41) is 22.9. The highest BCUT2D eigenvalue weighted by molar-refractivity contribution is 14.1. The summed E-state index contributed by atoms with van der Waals surface area (Å²) in [4.78, 5) is 84.8. The molecule has 0 spiro atoms. The Balaban J connectivity index is 0.000000270. The number of rotatable bonds is 15. The Morgan fingerprint density at radius 2 is 1.28 bits per heavy atom. The zero-order valence-corrected chi connectivity index (χ0v) is 36.7. The Labute approximate surface area is 368 Å². The third kappa shape index (κ3) is 12.0. The van der Waals surface area contributed by atoms with Gasteiger partial charge in [0.1, 0.15) is 59.8 Å². The maximum absolute atomic E-state index is 14.3. The third-order valence-corrected chi connectivity index (χ3v) is 9.64. The number of aliphatic hydroxyl groups is 2. The zero-order chi connectivity index (χ0) is 45.3. The van der Waals surface area contributed by atoms with Crippen molar-refractivity contribution < 1.29 is 56.5 Å². The van der Waals surface area contributed by atoms with E-state index in [1.54, 1.807) is 19.9 Å². The fraction of sp³-hybridized carbons (Fsp3) is 0.371. The normalized spacial score (nSPS) is 14.8. The number of benzene rings is 2. The molecule has 332 valence electrons. The Kier molecular flexibility index (Phi) is 17.2. The van der Waals surface area contributed by atoms with E-state index in [1.165, 1.54) is 24.3 Å². The number of amides is 2. The number of alkyl halides is 2. The van der Waals surface area contributed by atoms with E-state index in [4.69, 9.17) is 24.3 Å². The summed E-state index contributed by atoms with van der Waals surface area (Å²) in [6.07, 6.45) is -1.76. The van der Waals surface area contributed by atoms with Gasteiger partial charge in [0.2, 0.25) is 0 Å². The lowest BCUT2D eigenvalue weighted by atomic mass is 10.2. The second-order valence-electron chi connectivity index (χ2n) is 13.1. The SMILES string of the molecule is Cn1c(=O)c(C(=O)NOCC(O)CO)c(Nc2ccc(I)cc2F)n(CF)c1=O.Cn1c(=O)c(C(=O)NOCC2COC(C)(C)O2)c(Nc2ccc(I)cc2F)n(CF)c1=O. The highest BCUT2D eigenvalue weighted by atomic mass is 127. The summed E-state index contributed by atoms with van der Waals surface area (Å²) in [5.41, 5.74) is -1.98. The van der Waals surface area contributed by atoms with Gasteiger partial charge in [0.05, 0.1) is 24.6 Å². The Hall–Kier alpha value is -4.72. The van der Waals surface area contributed by atoms with E-state index in [9.17, 15) is 51.4 Å². The number of ether oxygens (including phenoxy) is 2. The number of hydroxylamine groups is 2. The number of halogens is 6. The van der Waals surface area contributed by atoms with E-state index in [0.717, 1.165) is 20.2 Å². The molecule has 0 aliphatic carbocycles. The maximum atomic E-state index is 14.3. The molecule has 1 aliphatic rings. The first-order valence-corrected chi connectivity index (χ1v) is 19.6. The quantitative estimate of drug-likeness (QED) is 0.0565. The minimum Gasteiger partial charge on any atom is -0.394 e. The van der Waals surface area contributed by atoms with E-state index >= 15 is 0 Å². The van der Waals surface area contributed by atoms with Crippen LogP contribution in [0.25, 0.3) is 0 Å². The van der Waals surface area contributed by atoms with E-state index in [1.807, 2.05) is 50.7 Å². The highest BCUT2D eigenvalue weighted by Gasteiger charge is 2.33. The summed E-state index contributed by atoms with van der Waals surface area (Å²) < 4.78 is 69.9. The Morgan fingerprint density at radius 1 is 0.836 bits per heavy atom. The highest BCUT2D eigenvalue weighted by Crippen LogP contribution is 2.25. The maximum Gasteiger partial charge on any atom is 0.334 e. The zero-order valence-electron chi connectivity index (χ0n) is 32.4. The molecule has 2 unspecified atom stereocenters. The first-order valence-electron chi connectivity index (χ1n) is 17.4. The predicted molar refractivity (Wildman–Crippen MR) is 224 cm³/mol. The lowest BCUT2D eigenvalue weighted by Gasteiger charge is -2.18. The van der Waals surface area contributed by atoms with E-state index in [-0.39, 0.29) is 24.6 Å². The van der Waals surface area contributed by atoms with Crippen LogP contribution in [0.5, 0.6) is 0 Å². The largest absolute Gasteiger partial charge is 0.394 e. The molecule has 3 heterocycles. The molecule has 2 aromatic carbocycles. The van der Waals surface area contributed by atoms with Gasteiger partial charge >= 0.3 is 11.4 Å². The number of anilines is 4. The standard InChI is InChI=1S/C19H21F2IN4O6.C16H17F2IN4O6/c1-19(2)30-7-11(32-19)8-31-24-16(27)14-15(23-13-5-4-10(22)6-12(13)21)26(9-20)18(29)25(3)17(14)28;1-22-15(27)12(14(26)21-29-6-9(25)5-24)13(23(7-17)16(22)28)20-11-3-2-8(19)4-10(11)18/h4-6,11,23H,7-9H2,1-3H3,(H,24,27);2-4,9,20,24-25H,5-7H2,1H3,(H,21,26). The van der Waals surface area contributed by atoms with Crippen molar-refractivity contribution in [3.63, 3.8) is 0 Å². The summed E-state index contributed by atoms with van der Waals surface area (Å²) in [6, 6.07) is 8.04. The number of carbonyl (C=O) groups is 2. The number of carbonyl (C=O) groups excluding carboxylic acids is 2. The molecule has 2 amide bonds. The lowest BCUT2D eigenvalue weighted by Crippen LogP contribution is -2.44. The van der Waals surface area contributed by atoms with Crippen LogP contribution in [0, 0.1) is 18.8 Å². The minimum absolute atomic E-state index is 0.0905. The van der Waals surface area contributed by atoms with Crippen molar-refractivity contribution in [2.24, 2.45) is 14.1 Å². The molecule has 4 aromatic rings. The predicted octanol–water partition coefficient (Wildman–Crippen LogP) is 1.75. The number of hydrogen-bond donors (Lipinski definition) is 6. The monoisotopic (exact) mass is 1090 g/mol. The molecule has 0 radical (unpaired) electrons. The Morgan fingerprint density at radius 3 is 1.66 bits per heavy atom. The van der Waals surface area contributed by atoms with Gasteiger partial charge in [-0.1, -0.05) is 0 Å². The third-order valence-electron chi connectivity index (χ3n) is 8.30. The van der Waals surface area contributed by atoms with Gasteiger partial charge in [0, 0.05) is 21.2 Å². The number of nitrogens with one attached hydrogen (secondary N) is 4. The topological polar surface area (TPSA) is 248 Å². The Bertz CT molecular complexity index is 2520. The molecule has 20 nitrogen and oxygen atoms in total. The molecule has 61 heavy (non-hydrogen) atoms. The molecule has 26 heteroatoms. The molecule has 0 saturated carbocycles. The molecular weight excluding hydrogens is 1050 g/mol. The van der Waals surface area contributed by atoms with Gasteiger partial charge in [-0.25, -0.2) is 47.2 Å². The van der Waals surface area contributed by atoms with Crippen LogP contribution in [0.3, 0.4) is 0 Å². The summed E-state index contributed by atoms with van der Waals surface area (Å²) in [7, 11) is 2.13. The molecule has 1 saturated heterocycles. The molecule has 2 atom stereocenters. The van der Waals surface area contributed by atoms with Crippen molar-refractivity contribution >= 4 is 80.0 Å². The van der Waals surface area contributed by atoms with Crippen molar-refractivity contribution in [2.45, 2.75) is 45.4 Å². The molecule has 6 N–H and O–H groups in total. The number of nitrogens with zero attached hydrogens (tertiary/aromatic N) is 4. The molecule has 1 fully saturated rings. The molecular formula is C35H38F4I2N8O12. The van der Waals surface area contributed by atoms with Gasteiger partial charge < -0.3 is 30.3 Å². The van der Waals surface area contributed by atoms with Crippen LogP contribution >= 0.6 is 45.2 Å². The first kappa shape index (κ1) is 48.9. The van der Waals surface area contributed by atoms with Gasteiger partial charge in [0.15, 0.2) is 19.4 Å². The fourth-order valence-corrected chi connectivity index (χ4v) is 6.17. The van der Waals surface area contributed by atoms with E-state index in [0.29, 0.717) is 25.4 Å². The van der Waals surface area contributed by atoms with Crippen LogP contribution in [0.4, 0.5) is 40.6 Å². The van der Waals surface area contributed by atoms with Gasteiger partial charge in [-0.3, -0.25) is 38.0 Å². The number of aromatic nitrogens is 4. The lowest BCUT2D eigenvalue weighted by molar-refractivity contribution is -0.147. The molecule has 1 aliphatic heterocycles. The average molecular weight is 1090 g/mol. The van der Waals surface area contributed by atoms with Crippen molar-refractivity contribution in [2.75, 3.05) is 37.1 Å². The molecule has 2 aromatic heterocycles. The molecule has 5 rings (SSSR count). The average Bonchev–Trinajstić information content (AvgIpc) is 3.56. The van der Waals surface area contributed by atoms with Crippen LogP contribution in [0.2, 0.25) is 0 Å². The van der Waals surface area contributed by atoms with Crippen LogP contribution in [-0.4, -0.2) is 84.7 Å². The second kappa shape index (κ2) is 21.4. The number of aliphatic hydroxyl groups excluding tert-OH is 2. The van der Waals surface area contributed by atoms with Crippen LogP contribution in [0.1, 0.15) is 34.6 Å².